The van der Waals surface area contributed by atoms with Gasteiger partial charge in [0.05, 0.1) is 11.1 Å². The zero-order valence-electron chi connectivity index (χ0n) is 25.2. The number of rotatable bonds is 12. The standard InChI is InChI=1S/C31H38N6O8/c1-17-11-18-5-3-6-19(12-18)26(17)36-25(39)16-37-10-4-7-23(30(37)43)35-28(41)22(8-9-24(38)29(42)32-2)34-27(40)20-13-21(31(44)45)15-33-14-20/h4,7,10,13-15,17-19,22,26H,3,5-6,8-9,11-12,16H2,1-2H3,(H,32,42)(H,34,40)(H,35,41)(H,36,39)(H,44,45)/t17?,18?,19?,22-,26?/m0/s1. The number of carbonyl (C=O) groups excluding carboxylic acids is 5. The van der Waals surface area contributed by atoms with E-state index in [4.69, 9.17) is 0 Å². The topological polar surface area (TPSA) is 206 Å². The second-order valence-electron chi connectivity index (χ2n) is 11.8. The molecule has 0 aromatic carbocycles. The first-order chi connectivity index (χ1) is 21.5. The first-order valence-electron chi connectivity index (χ1n) is 15.0. The van der Waals surface area contributed by atoms with Crippen molar-refractivity contribution in [1.82, 2.24) is 25.5 Å². The number of hydrogen-bond donors (Lipinski definition) is 5. The van der Waals surface area contributed by atoms with Gasteiger partial charge in [-0.15, -0.1) is 0 Å². The molecule has 5 N–H and O–H groups in total. The summed E-state index contributed by atoms with van der Waals surface area (Å²) in [6, 6.07) is 2.54. The number of nitrogens with zero attached hydrogens (tertiary/aromatic N) is 2. The third-order valence-electron chi connectivity index (χ3n) is 8.58. The molecule has 14 heteroatoms. The molecule has 240 valence electrons. The molecule has 4 amide bonds. The Bertz CT molecular complexity index is 1540. The van der Waals surface area contributed by atoms with Crippen LogP contribution < -0.4 is 26.8 Å². The molecule has 14 nitrogen and oxygen atoms in total. The van der Waals surface area contributed by atoms with Gasteiger partial charge in [0.2, 0.25) is 17.6 Å². The largest absolute Gasteiger partial charge is 0.478 e. The predicted octanol–water partition coefficient (Wildman–Crippen LogP) is 1.10. The Labute approximate surface area is 259 Å². The van der Waals surface area contributed by atoms with Crippen LogP contribution in [-0.2, 0) is 25.7 Å². The monoisotopic (exact) mass is 622 g/mol. The number of carboxylic acid groups (broad SMARTS) is 1. The lowest BCUT2D eigenvalue weighted by Crippen LogP contribution is -2.50. The number of hydrogen-bond acceptors (Lipinski definition) is 8. The Kier molecular flexibility index (Phi) is 10.8. The van der Waals surface area contributed by atoms with Crippen molar-refractivity contribution in [2.75, 3.05) is 12.4 Å². The normalized spacial score (nSPS) is 21.1. The number of ketones is 1. The molecule has 5 atom stereocenters. The lowest BCUT2D eigenvalue weighted by Gasteiger charge is -2.44. The summed E-state index contributed by atoms with van der Waals surface area (Å²) in [7, 11) is 1.27. The minimum atomic E-state index is -1.40. The van der Waals surface area contributed by atoms with Gasteiger partial charge < -0.3 is 30.9 Å². The van der Waals surface area contributed by atoms with Gasteiger partial charge in [-0.3, -0.25) is 33.8 Å². The summed E-state index contributed by atoms with van der Waals surface area (Å²) in [5.74, 6) is -3.59. The number of carboxylic acids is 1. The molecule has 2 aliphatic rings. The second kappa shape index (κ2) is 14.7. The molecule has 45 heavy (non-hydrogen) atoms. The first kappa shape index (κ1) is 33.0. The van der Waals surface area contributed by atoms with E-state index in [1.54, 1.807) is 0 Å². The highest BCUT2D eigenvalue weighted by Crippen LogP contribution is 2.42. The number of anilines is 1. The highest BCUT2D eigenvalue weighted by atomic mass is 16.4. The predicted molar refractivity (Wildman–Crippen MR) is 161 cm³/mol. The molecular weight excluding hydrogens is 584 g/mol. The van der Waals surface area contributed by atoms with Gasteiger partial charge in [0.15, 0.2) is 0 Å². The molecule has 4 rings (SSSR count). The summed E-state index contributed by atoms with van der Waals surface area (Å²) >= 11 is 0. The lowest BCUT2D eigenvalue weighted by atomic mass is 9.65. The maximum atomic E-state index is 13.3. The third kappa shape index (κ3) is 8.40. The van der Waals surface area contributed by atoms with E-state index in [9.17, 15) is 38.7 Å². The molecule has 2 bridgehead atoms. The second-order valence-corrected chi connectivity index (χ2v) is 11.8. The Balaban J connectivity index is 1.46. The van der Waals surface area contributed by atoms with Gasteiger partial charge in [0.25, 0.3) is 17.4 Å². The summed E-state index contributed by atoms with van der Waals surface area (Å²) in [6.07, 6.45) is 8.50. The molecule has 2 aliphatic carbocycles. The van der Waals surface area contributed by atoms with E-state index in [1.165, 1.54) is 36.4 Å². The molecule has 2 fully saturated rings. The number of fused-ring (bicyclic) bond motifs is 2. The van der Waals surface area contributed by atoms with E-state index in [1.807, 2.05) is 0 Å². The van der Waals surface area contributed by atoms with Gasteiger partial charge in [-0.2, -0.15) is 0 Å². The van der Waals surface area contributed by atoms with Crippen molar-refractivity contribution in [3.8, 4) is 0 Å². The van der Waals surface area contributed by atoms with Crippen molar-refractivity contribution in [2.24, 2.45) is 17.8 Å². The van der Waals surface area contributed by atoms with Gasteiger partial charge in [-0.05, 0) is 61.6 Å². The number of aromatic nitrogens is 2. The number of nitrogens with one attached hydrogen (secondary N) is 4. The Morgan fingerprint density at radius 1 is 1.09 bits per heavy atom. The minimum absolute atomic E-state index is 0.0425. The van der Waals surface area contributed by atoms with E-state index in [2.05, 4.69) is 33.2 Å². The van der Waals surface area contributed by atoms with Crippen LogP contribution in [-0.4, -0.2) is 69.2 Å². The van der Waals surface area contributed by atoms with Gasteiger partial charge >= 0.3 is 5.97 Å². The SMILES string of the molecule is CNC(=O)C(=O)CC[C@H](NC(=O)c1cncc(C(=O)O)c1)C(=O)Nc1cccn(CC(=O)NC2C(C)CC3CCCC2C3)c1=O. The van der Waals surface area contributed by atoms with E-state index in [-0.39, 0.29) is 41.7 Å². The van der Waals surface area contributed by atoms with Crippen LogP contribution in [0.3, 0.4) is 0 Å². The van der Waals surface area contributed by atoms with Crippen molar-refractivity contribution >= 4 is 41.1 Å². The van der Waals surface area contributed by atoms with Crippen molar-refractivity contribution in [3.63, 3.8) is 0 Å². The fourth-order valence-electron chi connectivity index (χ4n) is 6.35. The molecule has 4 unspecified atom stereocenters. The van der Waals surface area contributed by atoms with Crippen molar-refractivity contribution in [1.29, 1.82) is 0 Å². The maximum absolute atomic E-state index is 13.3. The van der Waals surface area contributed by atoms with Crippen LogP contribution in [0.4, 0.5) is 5.69 Å². The van der Waals surface area contributed by atoms with Crippen LogP contribution in [0.15, 0.2) is 41.6 Å². The molecule has 2 aromatic heterocycles. The number of aromatic carboxylic acids is 1. The fourth-order valence-corrected chi connectivity index (χ4v) is 6.35. The molecule has 0 saturated heterocycles. The van der Waals surface area contributed by atoms with E-state index >= 15 is 0 Å². The molecule has 2 heterocycles. The zero-order chi connectivity index (χ0) is 32.7. The van der Waals surface area contributed by atoms with Gasteiger partial charge in [-0.25, -0.2) is 4.79 Å². The number of likely N-dealkylation sites (N-methyl/N-ethyl adjacent to an activating group) is 1. The molecular formula is C31H38N6O8. The average molecular weight is 623 g/mol. The molecule has 0 spiro atoms. The molecule has 2 saturated carbocycles. The summed E-state index contributed by atoms with van der Waals surface area (Å²) < 4.78 is 1.17. The number of Topliss-reactive ketones (excluding diaryl/α,β-unsaturated/α-hetero) is 1. The van der Waals surface area contributed by atoms with Crippen LogP contribution in [0.25, 0.3) is 0 Å². The highest BCUT2D eigenvalue weighted by molar-refractivity contribution is 6.36. The molecule has 0 radical (unpaired) electrons. The van der Waals surface area contributed by atoms with Crippen LogP contribution in [0, 0.1) is 17.8 Å². The number of amides is 4. The van der Waals surface area contributed by atoms with Gasteiger partial charge in [-0.1, -0.05) is 19.8 Å². The zero-order valence-corrected chi connectivity index (χ0v) is 25.2. The van der Waals surface area contributed by atoms with Crippen LogP contribution >= 0.6 is 0 Å². The molecule has 0 aliphatic heterocycles. The quantitative estimate of drug-likeness (QED) is 0.215. The van der Waals surface area contributed by atoms with Crippen LogP contribution in [0.5, 0.6) is 0 Å². The van der Waals surface area contributed by atoms with Crippen molar-refractivity contribution in [3.05, 3.63) is 58.3 Å². The minimum Gasteiger partial charge on any atom is -0.478 e. The Morgan fingerprint density at radius 3 is 2.58 bits per heavy atom. The molecule has 2 aromatic rings. The van der Waals surface area contributed by atoms with Crippen molar-refractivity contribution < 1.29 is 33.9 Å². The third-order valence-corrected chi connectivity index (χ3v) is 8.58. The fraction of sp³-hybridized carbons (Fsp3) is 0.484. The highest BCUT2D eigenvalue weighted by Gasteiger charge is 2.38. The summed E-state index contributed by atoms with van der Waals surface area (Å²) in [6.45, 7) is 1.89. The van der Waals surface area contributed by atoms with E-state index < -0.39 is 47.5 Å². The van der Waals surface area contributed by atoms with Crippen LogP contribution in [0.1, 0.15) is 72.6 Å². The van der Waals surface area contributed by atoms with Gasteiger partial charge in [0.1, 0.15) is 18.3 Å². The van der Waals surface area contributed by atoms with E-state index in [0.29, 0.717) is 17.8 Å². The van der Waals surface area contributed by atoms with E-state index in [0.717, 1.165) is 44.1 Å². The Morgan fingerprint density at radius 2 is 1.84 bits per heavy atom. The smallest absolute Gasteiger partial charge is 0.337 e. The summed E-state index contributed by atoms with van der Waals surface area (Å²) in [5, 5.41) is 19.4. The summed E-state index contributed by atoms with van der Waals surface area (Å²) in [4.78, 5) is 91.4. The summed E-state index contributed by atoms with van der Waals surface area (Å²) in [5.41, 5.74) is -1.23. The number of pyridine rings is 2. The van der Waals surface area contributed by atoms with Gasteiger partial charge in [0, 0.05) is 38.1 Å². The Hall–Kier alpha value is -4.88. The lowest BCUT2D eigenvalue weighted by molar-refractivity contribution is -0.137. The number of carbonyl (C=O) groups is 6. The van der Waals surface area contributed by atoms with Crippen LogP contribution in [0.2, 0.25) is 0 Å². The van der Waals surface area contributed by atoms with Crippen molar-refractivity contribution in [2.45, 2.75) is 70.5 Å². The maximum Gasteiger partial charge on any atom is 0.337 e. The first-order valence-corrected chi connectivity index (χ1v) is 15.0. The average Bonchev–Trinajstić information content (AvgIpc) is 3.02.